The Morgan fingerprint density at radius 1 is 1.00 bits per heavy atom. The first-order chi connectivity index (χ1) is 8.49. The maximum Gasteiger partial charge on any atom is 0.234 e. The van der Waals surface area contributed by atoms with Crippen LogP contribution in [-0.4, -0.2) is 37.0 Å². The van der Waals surface area contributed by atoms with Crippen molar-refractivity contribution in [3.8, 4) is 0 Å². The standard InChI is InChI=1S/C13H27N3O2/c1-5-11(6-2)16-13(18)9-14-8-7-12(17)15-10(3)4/h10-11,14H,5-9H2,1-4H3,(H,15,17)(H,16,18). The predicted octanol–water partition coefficient (Wildman–Crippen LogP) is 0.796. The molecule has 0 aliphatic rings. The molecular formula is C13H27N3O2. The Morgan fingerprint density at radius 3 is 2.11 bits per heavy atom. The summed E-state index contributed by atoms with van der Waals surface area (Å²) in [6.45, 7) is 8.75. The molecule has 0 aliphatic carbocycles. The van der Waals surface area contributed by atoms with Crippen LogP contribution in [0.2, 0.25) is 0 Å². The SMILES string of the molecule is CCC(CC)NC(=O)CNCCC(=O)NC(C)C. The van der Waals surface area contributed by atoms with Gasteiger partial charge in [-0.05, 0) is 26.7 Å². The third-order valence-corrected chi connectivity index (χ3v) is 2.61. The van der Waals surface area contributed by atoms with Gasteiger partial charge in [-0.2, -0.15) is 0 Å². The monoisotopic (exact) mass is 257 g/mol. The van der Waals surface area contributed by atoms with Gasteiger partial charge in [0, 0.05) is 25.0 Å². The van der Waals surface area contributed by atoms with Crippen molar-refractivity contribution in [1.82, 2.24) is 16.0 Å². The molecule has 3 N–H and O–H groups in total. The van der Waals surface area contributed by atoms with Crippen molar-refractivity contribution < 1.29 is 9.59 Å². The summed E-state index contributed by atoms with van der Waals surface area (Å²) in [5, 5.41) is 8.71. The Balaban J connectivity index is 3.60. The number of carbonyl (C=O) groups is 2. The molecule has 0 rings (SSSR count). The molecule has 0 radical (unpaired) electrons. The number of hydrogen-bond acceptors (Lipinski definition) is 3. The fourth-order valence-electron chi connectivity index (χ4n) is 1.57. The lowest BCUT2D eigenvalue weighted by Crippen LogP contribution is -2.41. The zero-order valence-corrected chi connectivity index (χ0v) is 12.0. The van der Waals surface area contributed by atoms with E-state index in [9.17, 15) is 9.59 Å². The molecule has 0 aromatic heterocycles. The third kappa shape index (κ3) is 8.98. The predicted molar refractivity (Wildman–Crippen MR) is 73.3 cm³/mol. The summed E-state index contributed by atoms with van der Waals surface area (Å²) < 4.78 is 0. The molecule has 106 valence electrons. The van der Waals surface area contributed by atoms with Gasteiger partial charge in [0.1, 0.15) is 0 Å². The Kier molecular flexibility index (Phi) is 9.28. The smallest absolute Gasteiger partial charge is 0.234 e. The average Bonchev–Trinajstić information content (AvgIpc) is 2.30. The van der Waals surface area contributed by atoms with Crippen molar-refractivity contribution in [2.24, 2.45) is 0 Å². The number of carbonyl (C=O) groups excluding carboxylic acids is 2. The number of amides is 2. The second kappa shape index (κ2) is 9.88. The maximum atomic E-state index is 11.5. The third-order valence-electron chi connectivity index (χ3n) is 2.61. The average molecular weight is 257 g/mol. The molecule has 0 saturated heterocycles. The largest absolute Gasteiger partial charge is 0.354 e. The minimum Gasteiger partial charge on any atom is -0.354 e. The summed E-state index contributed by atoms with van der Waals surface area (Å²) in [6, 6.07) is 0.416. The summed E-state index contributed by atoms with van der Waals surface area (Å²) in [6.07, 6.45) is 2.29. The highest BCUT2D eigenvalue weighted by Gasteiger charge is 2.08. The lowest BCUT2D eigenvalue weighted by molar-refractivity contribution is -0.123. The zero-order chi connectivity index (χ0) is 14.0. The Labute approximate surface area is 110 Å². The highest BCUT2D eigenvalue weighted by molar-refractivity contribution is 5.78. The molecule has 18 heavy (non-hydrogen) atoms. The molecule has 0 spiro atoms. The lowest BCUT2D eigenvalue weighted by atomic mass is 10.2. The van der Waals surface area contributed by atoms with E-state index in [1.807, 2.05) is 13.8 Å². The molecule has 0 aromatic rings. The topological polar surface area (TPSA) is 70.2 Å². The Hall–Kier alpha value is -1.10. The van der Waals surface area contributed by atoms with E-state index in [1.54, 1.807) is 0 Å². The molecule has 5 nitrogen and oxygen atoms in total. The van der Waals surface area contributed by atoms with Gasteiger partial charge < -0.3 is 16.0 Å². The van der Waals surface area contributed by atoms with Gasteiger partial charge in [-0.25, -0.2) is 0 Å². The van der Waals surface area contributed by atoms with Crippen molar-refractivity contribution in [2.75, 3.05) is 13.1 Å². The van der Waals surface area contributed by atoms with E-state index < -0.39 is 0 Å². The second-order valence-electron chi connectivity index (χ2n) is 4.73. The highest BCUT2D eigenvalue weighted by Crippen LogP contribution is 1.94. The van der Waals surface area contributed by atoms with E-state index in [2.05, 4.69) is 29.8 Å². The molecule has 0 aromatic carbocycles. The van der Waals surface area contributed by atoms with Gasteiger partial charge in [0.2, 0.25) is 11.8 Å². The molecule has 0 saturated carbocycles. The van der Waals surface area contributed by atoms with Crippen LogP contribution in [0.4, 0.5) is 0 Å². The van der Waals surface area contributed by atoms with E-state index in [0.29, 0.717) is 13.0 Å². The fraction of sp³-hybridized carbons (Fsp3) is 0.846. The molecular weight excluding hydrogens is 230 g/mol. The van der Waals surface area contributed by atoms with Crippen LogP contribution in [0.15, 0.2) is 0 Å². The van der Waals surface area contributed by atoms with Crippen molar-refractivity contribution in [3.05, 3.63) is 0 Å². The van der Waals surface area contributed by atoms with Crippen molar-refractivity contribution in [2.45, 2.75) is 59.0 Å². The first-order valence-electron chi connectivity index (χ1n) is 6.79. The second-order valence-corrected chi connectivity index (χ2v) is 4.73. The van der Waals surface area contributed by atoms with Crippen LogP contribution in [0.5, 0.6) is 0 Å². The van der Waals surface area contributed by atoms with Crippen molar-refractivity contribution in [1.29, 1.82) is 0 Å². The molecule has 5 heteroatoms. The summed E-state index contributed by atoms with van der Waals surface area (Å²) in [5.74, 6) is 0.00543. The van der Waals surface area contributed by atoms with Gasteiger partial charge in [0.15, 0.2) is 0 Å². The van der Waals surface area contributed by atoms with E-state index in [-0.39, 0.29) is 30.4 Å². The van der Waals surface area contributed by atoms with Crippen LogP contribution >= 0.6 is 0 Å². The van der Waals surface area contributed by atoms with Crippen LogP contribution in [0.3, 0.4) is 0 Å². The quantitative estimate of drug-likeness (QED) is 0.535. The first kappa shape index (κ1) is 16.9. The molecule has 0 bridgehead atoms. The van der Waals surface area contributed by atoms with Crippen LogP contribution < -0.4 is 16.0 Å². The summed E-state index contributed by atoms with van der Waals surface area (Å²) in [5.41, 5.74) is 0. The van der Waals surface area contributed by atoms with Gasteiger partial charge >= 0.3 is 0 Å². The van der Waals surface area contributed by atoms with Crippen LogP contribution in [0.1, 0.15) is 47.0 Å². The van der Waals surface area contributed by atoms with Gasteiger partial charge in [-0.15, -0.1) is 0 Å². The molecule has 0 unspecified atom stereocenters. The number of nitrogens with one attached hydrogen (secondary N) is 3. The van der Waals surface area contributed by atoms with Crippen molar-refractivity contribution in [3.63, 3.8) is 0 Å². The van der Waals surface area contributed by atoms with E-state index >= 15 is 0 Å². The van der Waals surface area contributed by atoms with Gasteiger partial charge in [0.05, 0.1) is 6.54 Å². The van der Waals surface area contributed by atoms with E-state index in [0.717, 1.165) is 12.8 Å². The maximum absolute atomic E-state index is 11.5. The summed E-state index contributed by atoms with van der Waals surface area (Å²) in [4.78, 5) is 22.8. The van der Waals surface area contributed by atoms with Crippen LogP contribution in [-0.2, 0) is 9.59 Å². The summed E-state index contributed by atoms with van der Waals surface area (Å²) >= 11 is 0. The highest BCUT2D eigenvalue weighted by atomic mass is 16.2. The van der Waals surface area contributed by atoms with E-state index in [1.165, 1.54) is 0 Å². The molecule has 2 amide bonds. The van der Waals surface area contributed by atoms with Crippen LogP contribution in [0.25, 0.3) is 0 Å². The molecule has 0 aliphatic heterocycles. The molecule has 0 fully saturated rings. The number of hydrogen-bond donors (Lipinski definition) is 3. The number of rotatable bonds is 9. The normalized spacial score (nSPS) is 10.8. The van der Waals surface area contributed by atoms with Gasteiger partial charge in [-0.1, -0.05) is 13.8 Å². The summed E-state index contributed by atoms with van der Waals surface area (Å²) in [7, 11) is 0. The molecule has 0 atom stereocenters. The fourth-order valence-corrected chi connectivity index (χ4v) is 1.57. The minimum absolute atomic E-state index is 0.00651. The van der Waals surface area contributed by atoms with Gasteiger partial charge in [0.25, 0.3) is 0 Å². The van der Waals surface area contributed by atoms with Crippen molar-refractivity contribution >= 4 is 11.8 Å². The molecule has 0 heterocycles. The zero-order valence-electron chi connectivity index (χ0n) is 12.0. The van der Waals surface area contributed by atoms with E-state index in [4.69, 9.17) is 0 Å². The first-order valence-corrected chi connectivity index (χ1v) is 6.79. The lowest BCUT2D eigenvalue weighted by Gasteiger charge is -2.15. The Morgan fingerprint density at radius 2 is 1.61 bits per heavy atom. The minimum atomic E-state index is -0.00651. The van der Waals surface area contributed by atoms with Crippen LogP contribution in [0, 0.1) is 0 Å². The Bertz CT molecular complexity index is 251. The van der Waals surface area contributed by atoms with Gasteiger partial charge in [-0.3, -0.25) is 9.59 Å².